The second kappa shape index (κ2) is 7.75. The number of carbonyl (C=O) groups is 2. The Labute approximate surface area is 144 Å². The summed E-state index contributed by atoms with van der Waals surface area (Å²) in [5.74, 6) is -2.23. The van der Waals surface area contributed by atoms with E-state index in [0.717, 1.165) is 22.4 Å². The number of carboxylic acid groups (broad SMARTS) is 2. The molecule has 3 aromatic rings. The first-order valence-corrected chi connectivity index (χ1v) is 7.39. The normalized spacial score (nSPS) is 9.60. The highest BCUT2D eigenvalue weighted by atomic mass is 16.4. The van der Waals surface area contributed by atoms with Gasteiger partial charge in [0.25, 0.3) is 0 Å². The highest BCUT2D eigenvalue weighted by Crippen LogP contribution is 2.17. The molecule has 3 aromatic carbocycles. The predicted octanol–water partition coefficient (Wildman–Crippen LogP) is 4.10. The maximum absolute atomic E-state index is 10.6. The van der Waals surface area contributed by atoms with E-state index < -0.39 is 11.9 Å². The van der Waals surface area contributed by atoms with Crippen LogP contribution in [0.5, 0.6) is 0 Å². The highest BCUT2D eigenvalue weighted by Gasteiger charge is 2.10. The van der Waals surface area contributed by atoms with E-state index in [1.165, 1.54) is 12.1 Å². The molecule has 0 saturated carbocycles. The topological polar surface area (TPSA) is 98.4 Å². The Balaban J connectivity index is 0.000000181. The van der Waals surface area contributed by atoms with Crippen LogP contribution in [0.2, 0.25) is 0 Å². The van der Waals surface area contributed by atoms with Crippen molar-refractivity contribution >= 4 is 22.7 Å². The first kappa shape index (κ1) is 17.7. The third-order valence-corrected chi connectivity index (χ3v) is 3.63. The summed E-state index contributed by atoms with van der Waals surface area (Å²) in [6.07, 6.45) is 0. The summed E-state index contributed by atoms with van der Waals surface area (Å²) >= 11 is 0. The van der Waals surface area contributed by atoms with Gasteiger partial charge >= 0.3 is 11.9 Å². The number of hydrogen-bond acceptors (Lipinski definition) is 3. The van der Waals surface area contributed by atoms with Gasteiger partial charge in [-0.2, -0.15) is 5.26 Å². The molecule has 0 aliphatic rings. The molecule has 25 heavy (non-hydrogen) atoms. The van der Waals surface area contributed by atoms with E-state index in [2.05, 4.69) is 6.07 Å². The average molecular weight is 333 g/mol. The third kappa shape index (κ3) is 4.21. The zero-order chi connectivity index (χ0) is 18.4. The van der Waals surface area contributed by atoms with Crippen molar-refractivity contribution in [3.63, 3.8) is 0 Å². The minimum atomic E-state index is -1.12. The monoisotopic (exact) mass is 333 g/mol. The Morgan fingerprint density at radius 1 is 0.920 bits per heavy atom. The van der Waals surface area contributed by atoms with Gasteiger partial charge < -0.3 is 10.2 Å². The maximum atomic E-state index is 10.6. The van der Waals surface area contributed by atoms with E-state index in [4.69, 9.17) is 15.5 Å². The van der Waals surface area contributed by atoms with Gasteiger partial charge in [0.05, 0.1) is 22.8 Å². The van der Waals surface area contributed by atoms with Crippen LogP contribution >= 0.6 is 0 Å². The number of rotatable bonds is 2. The average Bonchev–Trinajstić information content (AvgIpc) is 2.61. The molecule has 0 fully saturated rings. The maximum Gasteiger partial charge on any atom is 0.335 e. The van der Waals surface area contributed by atoms with E-state index in [1.54, 1.807) is 6.92 Å². The molecule has 0 spiro atoms. The van der Waals surface area contributed by atoms with Crippen LogP contribution in [0.25, 0.3) is 10.8 Å². The lowest BCUT2D eigenvalue weighted by Crippen LogP contribution is -2.03. The molecule has 0 atom stereocenters. The Hall–Kier alpha value is -3.65. The molecule has 0 radical (unpaired) electrons. The molecule has 0 heterocycles. The number of hydrogen-bond donors (Lipinski definition) is 2. The highest BCUT2D eigenvalue weighted by molar-refractivity contribution is 5.94. The number of aromatic carboxylic acids is 2. The Bertz CT molecular complexity index is 981. The first-order valence-electron chi connectivity index (χ1n) is 7.39. The number of fused-ring (bicyclic) bond motifs is 1. The zero-order valence-electron chi connectivity index (χ0n) is 13.4. The van der Waals surface area contributed by atoms with Gasteiger partial charge in [-0.15, -0.1) is 0 Å². The molecule has 2 N–H and O–H groups in total. The van der Waals surface area contributed by atoms with Crippen molar-refractivity contribution in [1.29, 1.82) is 5.26 Å². The quantitative estimate of drug-likeness (QED) is 0.735. The van der Waals surface area contributed by atoms with Gasteiger partial charge in [0.2, 0.25) is 0 Å². The summed E-state index contributed by atoms with van der Waals surface area (Å²) in [6.45, 7) is 1.62. The largest absolute Gasteiger partial charge is 0.478 e. The van der Waals surface area contributed by atoms with Gasteiger partial charge in [0, 0.05) is 0 Å². The molecule has 0 aromatic heterocycles. The molecule has 0 amide bonds. The molecular formula is C20H15NO4. The van der Waals surface area contributed by atoms with Crippen LogP contribution in [-0.2, 0) is 0 Å². The van der Waals surface area contributed by atoms with Gasteiger partial charge in [-0.1, -0.05) is 42.5 Å². The first-order chi connectivity index (χ1) is 11.9. The molecule has 5 heteroatoms. The lowest BCUT2D eigenvalue weighted by Gasteiger charge is -2.01. The van der Waals surface area contributed by atoms with Crippen LogP contribution in [0.1, 0.15) is 31.8 Å². The number of aryl methyl sites for hydroxylation is 1. The smallest absolute Gasteiger partial charge is 0.335 e. The van der Waals surface area contributed by atoms with Crippen molar-refractivity contribution in [2.24, 2.45) is 0 Å². The fraction of sp³-hybridized carbons (Fsp3) is 0.0500. The van der Waals surface area contributed by atoms with Crippen molar-refractivity contribution in [3.8, 4) is 6.07 Å². The second-order valence-electron chi connectivity index (χ2n) is 5.28. The molecule has 124 valence electrons. The molecule has 0 unspecified atom stereocenters. The SMILES string of the molecule is Cc1ccc(C(=O)O)cc1C(=O)O.N#Cc1cccc2ccccc12. The molecule has 5 nitrogen and oxygen atoms in total. The minimum absolute atomic E-state index is 0.0111. The number of nitriles is 1. The Morgan fingerprint density at radius 3 is 2.24 bits per heavy atom. The van der Waals surface area contributed by atoms with E-state index in [1.807, 2.05) is 42.5 Å². The summed E-state index contributed by atoms with van der Waals surface area (Å²) < 4.78 is 0. The fourth-order valence-corrected chi connectivity index (χ4v) is 2.31. The van der Waals surface area contributed by atoms with Crippen molar-refractivity contribution in [2.75, 3.05) is 0 Å². The van der Waals surface area contributed by atoms with Crippen LogP contribution in [0, 0.1) is 18.3 Å². The van der Waals surface area contributed by atoms with Gasteiger partial charge in [-0.25, -0.2) is 9.59 Å². The summed E-state index contributed by atoms with van der Waals surface area (Å²) in [5.41, 5.74) is 1.31. The van der Waals surface area contributed by atoms with Crippen LogP contribution < -0.4 is 0 Å². The van der Waals surface area contributed by atoms with E-state index in [0.29, 0.717) is 5.56 Å². The standard InChI is InChI=1S/C11H7N.C9H8O4/c12-8-10-6-3-5-9-4-1-2-7-11(9)10;1-5-2-3-6(8(10)11)4-7(5)9(12)13/h1-7H;2-4H,1H3,(H,10,11)(H,12,13). The molecule has 0 aliphatic carbocycles. The Morgan fingerprint density at radius 2 is 1.60 bits per heavy atom. The van der Waals surface area contributed by atoms with Crippen molar-refractivity contribution in [1.82, 2.24) is 0 Å². The van der Waals surface area contributed by atoms with Gasteiger partial charge in [0.1, 0.15) is 0 Å². The summed E-state index contributed by atoms with van der Waals surface area (Å²) in [6, 6.07) is 19.8. The third-order valence-electron chi connectivity index (χ3n) is 3.63. The van der Waals surface area contributed by atoms with Crippen molar-refractivity contribution in [2.45, 2.75) is 6.92 Å². The lowest BCUT2D eigenvalue weighted by atomic mass is 10.1. The van der Waals surface area contributed by atoms with Crippen molar-refractivity contribution in [3.05, 3.63) is 82.9 Å². The minimum Gasteiger partial charge on any atom is -0.478 e. The number of nitrogens with zero attached hydrogens (tertiary/aromatic N) is 1. The van der Waals surface area contributed by atoms with Crippen LogP contribution in [0.3, 0.4) is 0 Å². The van der Waals surface area contributed by atoms with Gasteiger partial charge in [-0.3, -0.25) is 0 Å². The summed E-state index contributed by atoms with van der Waals surface area (Å²) in [5, 5.41) is 28.2. The number of carboxylic acids is 2. The predicted molar refractivity (Wildman–Crippen MR) is 93.8 cm³/mol. The molecule has 3 rings (SSSR count). The van der Waals surface area contributed by atoms with Crippen LogP contribution in [0.4, 0.5) is 0 Å². The Kier molecular flexibility index (Phi) is 5.49. The molecular weight excluding hydrogens is 318 g/mol. The zero-order valence-corrected chi connectivity index (χ0v) is 13.4. The van der Waals surface area contributed by atoms with E-state index in [-0.39, 0.29) is 11.1 Å². The van der Waals surface area contributed by atoms with E-state index >= 15 is 0 Å². The number of benzene rings is 3. The van der Waals surface area contributed by atoms with E-state index in [9.17, 15) is 9.59 Å². The summed E-state index contributed by atoms with van der Waals surface area (Å²) in [4.78, 5) is 21.1. The van der Waals surface area contributed by atoms with Gasteiger partial charge in [-0.05, 0) is 41.5 Å². The van der Waals surface area contributed by atoms with Crippen LogP contribution in [0.15, 0.2) is 60.7 Å². The van der Waals surface area contributed by atoms with Crippen molar-refractivity contribution < 1.29 is 19.8 Å². The summed E-state index contributed by atoms with van der Waals surface area (Å²) in [7, 11) is 0. The molecule has 0 aliphatic heterocycles. The fourth-order valence-electron chi connectivity index (χ4n) is 2.31. The molecule has 0 bridgehead atoms. The van der Waals surface area contributed by atoms with Gasteiger partial charge in [0.15, 0.2) is 0 Å². The lowest BCUT2D eigenvalue weighted by molar-refractivity contribution is 0.0695. The molecule has 0 saturated heterocycles. The van der Waals surface area contributed by atoms with Crippen LogP contribution in [-0.4, -0.2) is 22.2 Å². The second-order valence-corrected chi connectivity index (χ2v) is 5.28.